The van der Waals surface area contributed by atoms with Crippen molar-refractivity contribution >= 4 is 50.3 Å². The molecule has 222 valence electrons. The van der Waals surface area contributed by atoms with E-state index in [9.17, 15) is 13.2 Å². The van der Waals surface area contributed by atoms with Crippen LogP contribution >= 0.6 is 24.0 Å². The SMILES string of the molecule is CCCCCCCN1C(=O)C(=Cc2cn(-c3ccccc3)nc2-c2cccc(S(=O)(=O)N3CCCCCC3)c2)SC1=S. The number of para-hydroxylation sites is 1. The second-order valence-corrected chi connectivity index (χ2v) is 14.4. The molecule has 2 fully saturated rings. The maximum Gasteiger partial charge on any atom is 0.266 e. The third-order valence-electron chi connectivity index (χ3n) is 7.72. The average molecular weight is 623 g/mol. The molecule has 2 saturated heterocycles. The van der Waals surface area contributed by atoms with Crippen LogP contribution in [0, 0.1) is 0 Å². The predicted octanol–water partition coefficient (Wildman–Crippen LogP) is 7.28. The molecule has 7 nitrogen and oxygen atoms in total. The van der Waals surface area contributed by atoms with E-state index in [0.717, 1.165) is 56.2 Å². The molecular formula is C32H38N4O3S3. The van der Waals surface area contributed by atoms with Crippen LogP contribution in [0.2, 0.25) is 0 Å². The Bertz CT molecular complexity index is 1540. The topological polar surface area (TPSA) is 75.5 Å². The fraction of sp³-hybridized carbons (Fsp3) is 0.406. The average Bonchev–Trinajstić information content (AvgIpc) is 3.38. The van der Waals surface area contributed by atoms with E-state index in [4.69, 9.17) is 17.3 Å². The lowest BCUT2D eigenvalue weighted by Crippen LogP contribution is -2.31. The molecule has 2 aliphatic rings. The Morgan fingerprint density at radius 1 is 0.952 bits per heavy atom. The highest BCUT2D eigenvalue weighted by molar-refractivity contribution is 8.26. The standard InChI is InChI=1S/C32H38N4O3S3/c1-2-3-4-5-13-21-35-31(37)29(41-32(35)40)23-26-24-36(27-16-9-8-10-17-27)33-30(26)25-15-14-18-28(22-25)42(38,39)34-19-11-6-7-12-20-34/h8-10,14-18,22-24H,2-7,11-13,19-21H2,1H3. The van der Waals surface area contributed by atoms with E-state index in [1.807, 2.05) is 48.7 Å². The lowest BCUT2D eigenvalue weighted by molar-refractivity contribution is -0.122. The van der Waals surface area contributed by atoms with Crippen LogP contribution in [0.1, 0.15) is 70.3 Å². The first-order valence-electron chi connectivity index (χ1n) is 14.9. The van der Waals surface area contributed by atoms with Crippen LogP contribution in [0.25, 0.3) is 23.0 Å². The van der Waals surface area contributed by atoms with Gasteiger partial charge in [0, 0.05) is 37.0 Å². The zero-order chi connectivity index (χ0) is 29.5. The number of unbranched alkanes of at least 4 members (excludes halogenated alkanes) is 4. The lowest BCUT2D eigenvalue weighted by atomic mass is 10.1. The molecule has 5 rings (SSSR count). The number of sulfonamides is 1. The smallest absolute Gasteiger partial charge is 0.266 e. The van der Waals surface area contributed by atoms with Crippen molar-refractivity contribution in [3.8, 4) is 16.9 Å². The molecule has 3 aromatic rings. The van der Waals surface area contributed by atoms with Crippen LogP contribution in [-0.4, -0.2) is 57.3 Å². The minimum absolute atomic E-state index is 0.0867. The van der Waals surface area contributed by atoms with Crippen molar-refractivity contribution in [1.82, 2.24) is 19.0 Å². The van der Waals surface area contributed by atoms with Crippen LogP contribution in [0.3, 0.4) is 0 Å². The van der Waals surface area contributed by atoms with Gasteiger partial charge in [0.2, 0.25) is 10.0 Å². The van der Waals surface area contributed by atoms with E-state index < -0.39 is 10.0 Å². The van der Waals surface area contributed by atoms with E-state index in [1.54, 1.807) is 32.1 Å². The lowest BCUT2D eigenvalue weighted by Gasteiger charge is -2.20. The number of nitrogens with zero attached hydrogens (tertiary/aromatic N) is 4. The van der Waals surface area contributed by atoms with Gasteiger partial charge in [0.1, 0.15) is 10.0 Å². The molecule has 0 N–H and O–H groups in total. The first-order chi connectivity index (χ1) is 20.4. The maximum atomic E-state index is 13.6. The van der Waals surface area contributed by atoms with Gasteiger partial charge in [0.05, 0.1) is 15.5 Å². The number of rotatable bonds is 11. The summed E-state index contributed by atoms with van der Waals surface area (Å²) in [5.41, 5.74) is 2.88. The van der Waals surface area contributed by atoms with Gasteiger partial charge in [-0.25, -0.2) is 13.1 Å². The Balaban J connectivity index is 1.48. The number of amides is 1. The van der Waals surface area contributed by atoms with Gasteiger partial charge in [-0.05, 0) is 49.6 Å². The van der Waals surface area contributed by atoms with Gasteiger partial charge in [0.25, 0.3) is 5.91 Å². The Labute approximate surface area is 259 Å². The van der Waals surface area contributed by atoms with E-state index in [2.05, 4.69) is 6.92 Å². The molecule has 0 radical (unpaired) electrons. The highest BCUT2D eigenvalue weighted by atomic mass is 32.2. The van der Waals surface area contributed by atoms with Crippen LogP contribution in [0.4, 0.5) is 0 Å². The molecule has 3 heterocycles. The molecule has 1 amide bonds. The second-order valence-electron chi connectivity index (χ2n) is 10.8. The maximum absolute atomic E-state index is 13.6. The van der Waals surface area contributed by atoms with Crippen molar-refractivity contribution < 1.29 is 13.2 Å². The summed E-state index contributed by atoms with van der Waals surface area (Å²) >= 11 is 6.90. The quantitative estimate of drug-likeness (QED) is 0.127. The zero-order valence-corrected chi connectivity index (χ0v) is 26.5. The normalized spacial score (nSPS) is 17.7. The molecular weight excluding hydrogens is 585 g/mol. The summed E-state index contributed by atoms with van der Waals surface area (Å²) in [6.07, 6.45) is 13.1. The number of carbonyl (C=O) groups excluding carboxylic acids is 1. The summed E-state index contributed by atoms with van der Waals surface area (Å²) in [5.74, 6) is -0.0867. The molecule has 0 bridgehead atoms. The molecule has 2 aliphatic heterocycles. The summed E-state index contributed by atoms with van der Waals surface area (Å²) in [6, 6.07) is 16.7. The van der Waals surface area contributed by atoms with Crippen LogP contribution in [-0.2, 0) is 14.8 Å². The Morgan fingerprint density at radius 2 is 1.69 bits per heavy atom. The highest BCUT2D eigenvalue weighted by Crippen LogP contribution is 2.36. The summed E-state index contributed by atoms with van der Waals surface area (Å²) in [4.78, 5) is 15.9. The Morgan fingerprint density at radius 3 is 2.43 bits per heavy atom. The largest absolute Gasteiger partial charge is 0.293 e. The zero-order valence-electron chi connectivity index (χ0n) is 24.1. The first-order valence-corrected chi connectivity index (χ1v) is 17.6. The van der Waals surface area contributed by atoms with Gasteiger partial charge < -0.3 is 0 Å². The number of aromatic nitrogens is 2. The monoisotopic (exact) mass is 622 g/mol. The van der Waals surface area contributed by atoms with E-state index >= 15 is 0 Å². The van der Waals surface area contributed by atoms with Crippen molar-refractivity contribution in [3.05, 3.63) is 71.3 Å². The molecule has 0 aliphatic carbocycles. The highest BCUT2D eigenvalue weighted by Gasteiger charge is 2.32. The molecule has 10 heteroatoms. The number of benzene rings is 2. The number of hydrogen-bond acceptors (Lipinski definition) is 6. The van der Waals surface area contributed by atoms with Crippen LogP contribution < -0.4 is 0 Å². The molecule has 0 unspecified atom stereocenters. The van der Waals surface area contributed by atoms with Crippen molar-refractivity contribution in [3.63, 3.8) is 0 Å². The molecule has 0 spiro atoms. The van der Waals surface area contributed by atoms with Crippen molar-refractivity contribution in [2.45, 2.75) is 69.6 Å². The molecule has 2 aromatic carbocycles. The van der Waals surface area contributed by atoms with Crippen molar-refractivity contribution in [1.29, 1.82) is 0 Å². The van der Waals surface area contributed by atoms with Gasteiger partial charge in [-0.3, -0.25) is 9.69 Å². The summed E-state index contributed by atoms with van der Waals surface area (Å²) < 4.78 is 31.1. The third-order valence-corrected chi connectivity index (χ3v) is 11.0. The fourth-order valence-electron chi connectivity index (χ4n) is 5.37. The predicted molar refractivity (Wildman–Crippen MR) is 175 cm³/mol. The van der Waals surface area contributed by atoms with Crippen molar-refractivity contribution in [2.24, 2.45) is 0 Å². The summed E-state index contributed by atoms with van der Waals surface area (Å²) in [5, 5.41) is 4.88. The summed E-state index contributed by atoms with van der Waals surface area (Å²) in [6.45, 7) is 3.89. The third kappa shape index (κ3) is 7.05. The molecule has 42 heavy (non-hydrogen) atoms. The number of carbonyl (C=O) groups is 1. The van der Waals surface area contributed by atoms with Crippen LogP contribution in [0.15, 0.2) is 70.6 Å². The number of hydrogen-bond donors (Lipinski definition) is 0. The summed E-state index contributed by atoms with van der Waals surface area (Å²) in [7, 11) is -3.63. The van der Waals surface area contributed by atoms with Gasteiger partial charge in [-0.2, -0.15) is 9.40 Å². The molecule has 0 saturated carbocycles. The van der Waals surface area contributed by atoms with Crippen molar-refractivity contribution in [2.75, 3.05) is 19.6 Å². The minimum Gasteiger partial charge on any atom is -0.293 e. The Kier molecular flexibility index (Phi) is 10.3. The molecule has 0 atom stereocenters. The number of thiocarbonyl (C=S) groups is 1. The van der Waals surface area contributed by atoms with Gasteiger partial charge >= 0.3 is 0 Å². The second kappa shape index (κ2) is 14.1. The van der Waals surface area contributed by atoms with Gasteiger partial charge in [-0.15, -0.1) is 0 Å². The first kappa shape index (κ1) is 30.7. The van der Waals surface area contributed by atoms with Gasteiger partial charge in [0.15, 0.2) is 0 Å². The Hall–Kier alpha value is -2.79. The van der Waals surface area contributed by atoms with Gasteiger partial charge in [-0.1, -0.05) is 99.8 Å². The molecule has 1 aromatic heterocycles. The number of thioether (sulfide) groups is 1. The van der Waals surface area contributed by atoms with E-state index in [-0.39, 0.29) is 10.8 Å². The van der Waals surface area contributed by atoms with E-state index in [0.29, 0.717) is 40.1 Å². The van der Waals surface area contributed by atoms with E-state index in [1.165, 1.54) is 24.6 Å². The minimum atomic E-state index is -3.63. The fourth-order valence-corrected chi connectivity index (χ4v) is 8.24. The van der Waals surface area contributed by atoms with Crippen LogP contribution in [0.5, 0.6) is 0 Å².